The lowest BCUT2D eigenvalue weighted by atomic mass is 10.2. The number of rotatable bonds is 9. The maximum absolute atomic E-state index is 13.2. The Morgan fingerprint density at radius 2 is 1.88 bits per heavy atom. The highest BCUT2D eigenvalue weighted by Gasteiger charge is 2.21. The maximum Gasteiger partial charge on any atom is 0.267 e. The van der Waals surface area contributed by atoms with Crippen molar-refractivity contribution in [3.63, 3.8) is 0 Å². The molecule has 0 fully saturated rings. The first-order chi connectivity index (χ1) is 15.7. The summed E-state index contributed by atoms with van der Waals surface area (Å²) < 4.78 is 17.5. The Hall–Kier alpha value is -3.65. The van der Waals surface area contributed by atoms with Crippen LogP contribution in [-0.4, -0.2) is 36.2 Å². The van der Waals surface area contributed by atoms with Crippen LogP contribution in [0.2, 0.25) is 0 Å². The SMILES string of the molecule is CCOc1ccc2nc(N(Cc3cccnc3)C(=O)COc3cccc(OC)c3)sc2c1. The third-order valence-corrected chi connectivity index (χ3v) is 5.70. The summed E-state index contributed by atoms with van der Waals surface area (Å²) in [6, 6.07) is 16.7. The number of ether oxygens (including phenoxy) is 3. The largest absolute Gasteiger partial charge is 0.497 e. The number of hydrogen-bond acceptors (Lipinski definition) is 7. The third-order valence-electron chi connectivity index (χ3n) is 4.66. The lowest BCUT2D eigenvalue weighted by Gasteiger charge is -2.20. The van der Waals surface area contributed by atoms with Gasteiger partial charge in [0, 0.05) is 18.5 Å². The molecule has 8 heteroatoms. The van der Waals surface area contributed by atoms with Crippen molar-refractivity contribution in [1.82, 2.24) is 9.97 Å². The van der Waals surface area contributed by atoms with Gasteiger partial charge in [0.2, 0.25) is 0 Å². The third kappa shape index (κ3) is 5.15. The molecular weight excluding hydrogens is 426 g/mol. The Morgan fingerprint density at radius 3 is 2.66 bits per heavy atom. The van der Waals surface area contributed by atoms with Crippen molar-refractivity contribution in [3.8, 4) is 17.2 Å². The minimum atomic E-state index is -0.208. The predicted octanol–water partition coefficient (Wildman–Crippen LogP) is 4.71. The van der Waals surface area contributed by atoms with Gasteiger partial charge in [-0.15, -0.1) is 0 Å². The van der Waals surface area contributed by atoms with Crippen LogP contribution in [0, 0.1) is 0 Å². The summed E-state index contributed by atoms with van der Waals surface area (Å²) in [5.74, 6) is 1.80. The highest BCUT2D eigenvalue weighted by molar-refractivity contribution is 7.22. The molecule has 0 aliphatic heterocycles. The lowest BCUT2D eigenvalue weighted by molar-refractivity contribution is -0.120. The van der Waals surface area contributed by atoms with E-state index >= 15 is 0 Å². The van der Waals surface area contributed by atoms with E-state index in [0.717, 1.165) is 21.5 Å². The van der Waals surface area contributed by atoms with Crippen molar-refractivity contribution in [2.24, 2.45) is 0 Å². The van der Waals surface area contributed by atoms with E-state index in [9.17, 15) is 4.79 Å². The minimum Gasteiger partial charge on any atom is -0.497 e. The number of pyridine rings is 1. The van der Waals surface area contributed by atoms with E-state index in [2.05, 4.69) is 9.97 Å². The van der Waals surface area contributed by atoms with Gasteiger partial charge in [0.25, 0.3) is 5.91 Å². The Balaban J connectivity index is 1.59. The van der Waals surface area contributed by atoms with Crippen molar-refractivity contribution in [3.05, 3.63) is 72.6 Å². The van der Waals surface area contributed by atoms with Crippen LogP contribution < -0.4 is 19.1 Å². The molecule has 0 spiro atoms. The average molecular weight is 450 g/mol. The second kappa shape index (κ2) is 10.1. The zero-order valence-electron chi connectivity index (χ0n) is 17.9. The molecule has 32 heavy (non-hydrogen) atoms. The smallest absolute Gasteiger partial charge is 0.267 e. The first-order valence-corrected chi connectivity index (χ1v) is 11.0. The van der Waals surface area contributed by atoms with Gasteiger partial charge >= 0.3 is 0 Å². The number of methoxy groups -OCH3 is 1. The van der Waals surface area contributed by atoms with Crippen molar-refractivity contribution < 1.29 is 19.0 Å². The molecule has 2 aromatic heterocycles. The maximum atomic E-state index is 13.2. The van der Waals surface area contributed by atoms with Crippen LogP contribution >= 0.6 is 11.3 Å². The number of nitrogens with zero attached hydrogens (tertiary/aromatic N) is 3. The van der Waals surface area contributed by atoms with Crippen LogP contribution in [0.3, 0.4) is 0 Å². The molecular formula is C24H23N3O4S. The normalized spacial score (nSPS) is 10.7. The summed E-state index contributed by atoms with van der Waals surface area (Å²) in [5, 5.41) is 0.594. The number of carbonyl (C=O) groups is 1. The van der Waals surface area contributed by atoms with Gasteiger partial charge in [0.15, 0.2) is 11.7 Å². The molecule has 0 bridgehead atoms. The van der Waals surface area contributed by atoms with Gasteiger partial charge in [-0.1, -0.05) is 23.5 Å². The fourth-order valence-corrected chi connectivity index (χ4v) is 4.13. The van der Waals surface area contributed by atoms with E-state index in [1.54, 1.807) is 36.5 Å². The number of anilines is 1. The zero-order valence-corrected chi connectivity index (χ0v) is 18.7. The van der Waals surface area contributed by atoms with Crippen LogP contribution in [0.1, 0.15) is 12.5 Å². The van der Waals surface area contributed by atoms with E-state index in [-0.39, 0.29) is 12.5 Å². The van der Waals surface area contributed by atoms with E-state index in [1.165, 1.54) is 11.3 Å². The van der Waals surface area contributed by atoms with E-state index in [0.29, 0.717) is 29.8 Å². The molecule has 164 valence electrons. The summed E-state index contributed by atoms with van der Waals surface area (Å²) in [4.78, 5) is 23.7. The molecule has 0 atom stereocenters. The highest BCUT2D eigenvalue weighted by Crippen LogP contribution is 2.32. The highest BCUT2D eigenvalue weighted by atomic mass is 32.1. The van der Waals surface area contributed by atoms with E-state index < -0.39 is 0 Å². The number of hydrogen-bond donors (Lipinski definition) is 0. The number of thiazole rings is 1. The van der Waals surface area contributed by atoms with Crippen LogP contribution in [-0.2, 0) is 11.3 Å². The van der Waals surface area contributed by atoms with Gasteiger partial charge in [-0.3, -0.25) is 14.7 Å². The van der Waals surface area contributed by atoms with Gasteiger partial charge in [0.05, 0.1) is 30.5 Å². The standard InChI is InChI=1S/C24H23N3O4S/c1-3-30-20-9-10-21-22(13-20)32-24(26-21)27(15-17-6-5-11-25-14-17)23(28)16-31-19-8-4-7-18(12-19)29-2/h4-14H,3,15-16H2,1-2H3. The molecule has 0 aliphatic rings. The number of carbonyl (C=O) groups excluding carboxylic acids is 1. The molecule has 1 amide bonds. The summed E-state index contributed by atoms with van der Waals surface area (Å²) in [5.41, 5.74) is 1.71. The molecule has 0 aliphatic carbocycles. The van der Waals surface area contributed by atoms with Crippen LogP contribution in [0.25, 0.3) is 10.2 Å². The van der Waals surface area contributed by atoms with Crippen molar-refractivity contribution >= 4 is 32.6 Å². The van der Waals surface area contributed by atoms with Gasteiger partial charge in [0.1, 0.15) is 17.2 Å². The van der Waals surface area contributed by atoms with Crippen molar-refractivity contribution in [1.29, 1.82) is 0 Å². The molecule has 7 nitrogen and oxygen atoms in total. The second-order valence-corrected chi connectivity index (χ2v) is 7.88. The zero-order chi connectivity index (χ0) is 22.3. The van der Waals surface area contributed by atoms with Crippen molar-refractivity contribution in [2.45, 2.75) is 13.5 Å². The molecule has 2 heterocycles. The predicted molar refractivity (Wildman–Crippen MR) is 125 cm³/mol. The number of fused-ring (bicyclic) bond motifs is 1. The molecule has 0 unspecified atom stereocenters. The summed E-state index contributed by atoms with van der Waals surface area (Å²) >= 11 is 1.44. The lowest BCUT2D eigenvalue weighted by Crippen LogP contribution is -2.34. The summed E-state index contributed by atoms with van der Waals surface area (Å²) in [6.07, 6.45) is 3.44. The fourth-order valence-electron chi connectivity index (χ4n) is 3.12. The molecule has 4 aromatic rings. The molecule has 0 saturated carbocycles. The van der Waals surface area contributed by atoms with Gasteiger partial charge in [-0.05, 0) is 48.9 Å². The monoisotopic (exact) mass is 449 g/mol. The van der Waals surface area contributed by atoms with E-state index in [4.69, 9.17) is 14.2 Å². The van der Waals surface area contributed by atoms with E-state index in [1.807, 2.05) is 49.4 Å². The first kappa shape index (κ1) is 21.6. The number of amides is 1. The molecule has 2 aromatic carbocycles. The number of benzene rings is 2. The summed E-state index contributed by atoms with van der Waals surface area (Å²) in [7, 11) is 1.59. The Bertz CT molecular complexity index is 1200. The molecule has 4 rings (SSSR count). The van der Waals surface area contributed by atoms with Crippen LogP contribution in [0.5, 0.6) is 17.2 Å². The first-order valence-electron chi connectivity index (χ1n) is 10.2. The second-order valence-electron chi connectivity index (χ2n) is 6.87. The Labute approximate surface area is 190 Å². The van der Waals surface area contributed by atoms with Gasteiger partial charge in [-0.2, -0.15) is 0 Å². The minimum absolute atomic E-state index is 0.131. The topological polar surface area (TPSA) is 73.8 Å². The Morgan fingerprint density at radius 1 is 1.03 bits per heavy atom. The van der Waals surface area contributed by atoms with Crippen LogP contribution in [0.15, 0.2) is 67.0 Å². The molecule has 0 radical (unpaired) electrons. The number of aromatic nitrogens is 2. The molecule has 0 saturated heterocycles. The van der Waals surface area contributed by atoms with Crippen molar-refractivity contribution in [2.75, 3.05) is 25.2 Å². The quantitative estimate of drug-likeness (QED) is 0.368. The Kier molecular flexibility index (Phi) is 6.81. The summed E-state index contributed by atoms with van der Waals surface area (Å²) in [6.45, 7) is 2.74. The molecule has 0 N–H and O–H groups in total. The van der Waals surface area contributed by atoms with Gasteiger partial charge < -0.3 is 14.2 Å². The average Bonchev–Trinajstić information content (AvgIpc) is 3.25. The van der Waals surface area contributed by atoms with Crippen LogP contribution in [0.4, 0.5) is 5.13 Å². The van der Waals surface area contributed by atoms with Gasteiger partial charge in [-0.25, -0.2) is 4.98 Å². The fraction of sp³-hybridized carbons (Fsp3) is 0.208.